The summed E-state index contributed by atoms with van der Waals surface area (Å²) in [5.41, 5.74) is 2.95. The van der Waals surface area contributed by atoms with Crippen molar-refractivity contribution in [1.82, 2.24) is 5.32 Å². The Morgan fingerprint density at radius 3 is 2.54 bits per heavy atom. The average Bonchev–Trinajstić information content (AvgIpc) is 3.18. The van der Waals surface area contributed by atoms with Crippen LogP contribution >= 0.6 is 0 Å². The molecule has 0 atom stereocenters. The zero-order valence-corrected chi connectivity index (χ0v) is 15.2. The van der Waals surface area contributed by atoms with Crippen LogP contribution in [0.3, 0.4) is 0 Å². The van der Waals surface area contributed by atoms with Crippen molar-refractivity contribution in [2.24, 2.45) is 0 Å². The summed E-state index contributed by atoms with van der Waals surface area (Å²) in [7, 11) is 0. The first-order valence-corrected chi connectivity index (χ1v) is 9.42. The van der Waals surface area contributed by atoms with Crippen LogP contribution in [-0.4, -0.2) is 19.1 Å². The maximum Gasteiger partial charge on any atom is 0.230 e. The normalized spacial score (nSPS) is 17.7. The predicted molar refractivity (Wildman–Crippen MR) is 101 cm³/mol. The Morgan fingerprint density at radius 2 is 1.77 bits per heavy atom. The van der Waals surface area contributed by atoms with Crippen LogP contribution in [0.1, 0.15) is 42.4 Å². The van der Waals surface area contributed by atoms with Gasteiger partial charge < -0.3 is 14.8 Å². The fraction of sp³-hybridized carbons (Fsp3) is 0.409. The summed E-state index contributed by atoms with van der Waals surface area (Å²) in [5.74, 6) is 1.65. The molecule has 2 aliphatic rings. The molecule has 0 unspecified atom stereocenters. The minimum atomic E-state index is -0.460. The van der Waals surface area contributed by atoms with E-state index in [1.54, 1.807) is 0 Å². The second-order valence-electron chi connectivity index (χ2n) is 7.26. The molecule has 1 aliphatic heterocycles. The molecule has 4 rings (SSSR count). The summed E-state index contributed by atoms with van der Waals surface area (Å²) in [6.07, 6.45) is 3.91. The summed E-state index contributed by atoms with van der Waals surface area (Å²) in [5, 5.41) is 3.19. The smallest absolute Gasteiger partial charge is 0.230 e. The van der Waals surface area contributed by atoms with Crippen molar-refractivity contribution in [1.29, 1.82) is 0 Å². The van der Waals surface area contributed by atoms with Crippen LogP contribution in [0.25, 0.3) is 0 Å². The Labute approximate surface area is 154 Å². The molecule has 2 aromatic carbocycles. The first-order valence-electron chi connectivity index (χ1n) is 9.42. The van der Waals surface area contributed by atoms with E-state index in [1.807, 2.05) is 30.3 Å². The monoisotopic (exact) mass is 351 g/mol. The summed E-state index contributed by atoms with van der Waals surface area (Å²) < 4.78 is 11.4. The van der Waals surface area contributed by atoms with Crippen LogP contribution in [0.5, 0.6) is 11.5 Å². The molecule has 26 heavy (non-hydrogen) atoms. The molecular formula is C22H25NO3. The number of hydrogen-bond donors (Lipinski definition) is 1. The quantitative estimate of drug-likeness (QED) is 0.909. The molecule has 1 amide bonds. The molecule has 0 spiro atoms. The van der Waals surface area contributed by atoms with Crippen molar-refractivity contribution in [2.75, 3.05) is 13.2 Å². The van der Waals surface area contributed by atoms with Gasteiger partial charge in [0.15, 0.2) is 11.5 Å². The number of rotatable bonds is 4. The van der Waals surface area contributed by atoms with Crippen molar-refractivity contribution >= 4 is 5.91 Å². The highest BCUT2D eigenvalue weighted by Gasteiger charge is 2.43. The number of fused-ring (bicyclic) bond motifs is 1. The SMILES string of the molecule is Cc1ccccc1CNC(=O)C1(c2ccc3c(c2)OCCO3)CCCC1. The van der Waals surface area contributed by atoms with Gasteiger partial charge in [-0.15, -0.1) is 0 Å². The Kier molecular flexibility index (Phi) is 4.58. The molecule has 1 heterocycles. The van der Waals surface area contributed by atoms with E-state index < -0.39 is 5.41 Å². The van der Waals surface area contributed by atoms with E-state index in [2.05, 4.69) is 24.4 Å². The number of ether oxygens (including phenoxy) is 2. The Bertz CT molecular complexity index is 809. The van der Waals surface area contributed by atoms with Crippen molar-refractivity contribution in [3.8, 4) is 11.5 Å². The number of nitrogens with one attached hydrogen (secondary N) is 1. The molecule has 0 aromatic heterocycles. The molecule has 1 aliphatic carbocycles. The lowest BCUT2D eigenvalue weighted by molar-refractivity contribution is -0.126. The number of aryl methyl sites for hydroxylation is 1. The van der Waals surface area contributed by atoms with Gasteiger partial charge in [-0.3, -0.25) is 4.79 Å². The van der Waals surface area contributed by atoms with Gasteiger partial charge in [-0.1, -0.05) is 43.2 Å². The van der Waals surface area contributed by atoms with E-state index in [0.29, 0.717) is 19.8 Å². The van der Waals surface area contributed by atoms with Gasteiger partial charge in [-0.05, 0) is 48.6 Å². The van der Waals surface area contributed by atoms with Gasteiger partial charge in [0, 0.05) is 6.54 Å². The van der Waals surface area contributed by atoms with Gasteiger partial charge in [0.25, 0.3) is 0 Å². The minimum Gasteiger partial charge on any atom is -0.486 e. The Balaban J connectivity index is 1.58. The van der Waals surface area contributed by atoms with Crippen molar-refractivity contribution in [3.63, 3.8) is 0 Å². The third kappa shape index (κ3) is 3.05. The van der Waals surface area contributed by atoms with Gasteiger partial charge in [0.2, 0.25) is 5.91 Å². The maximum atomic E-state index is 13.2. The lowest BCUT2D eigenvalue weighted by Gasteiger charge is -2.30. The van der Waals surface area contributed by atoms with Crippen LogP contribution in [0.4, 0.5) is 0 Å². The molecule has 0 bridgehead atoms. The van der Waals surface area contributed by atoms with Gasteiger partial charge in [0.1, 0.15) is 13.2 Å². The second-order valence-corrected chi connectivity index (χ2v) is 7.26. The van der Waals surface area contributed by atoms with Crippen LogP contribution in [0.15, 0.2) is 42.5 Å². The molecule has 1 N–H and O–H groups in total. The van der Waals surface area contributed by atoms with Crippen molar-refractivity contribution in [3.05, 3.63) is 59.2 Å². The van der Waals surface area contributed by atoms with Gasteiger partial charge >= 0.3 is 0 Å². The molecule has 1 saturated carbocycles. The van der Waals surface area contributed by atoms with Crippen molar-refractivity contribution < 1.29 is 14.3 Å². The summed E-state index contributed by atoms with van der Waals surface area (Å²) in [6, 6.07) is 14.2. The van der Waals surface area contributed by atoms with Crippen molar-refractivity contribution in [2.45, 2.75) is 44.6 Å². The third-order valence-electron chi connectivity index (χ3n) is 5.69. The topological polar surface area (TPSA) is 47.6 Å². The highest BCUT2D eigenvalue weighted by Crippen LogP contribution is 2.44. The standard InChI is InChI=1S/C22H25NO3/c1-16-6-2-3-7-17(16)15-23-21(24)22(10-4-5-11-22)18-8-9-19-20(14-18)26-13-12-25-19/h2-3,6-9,14H,4-5,10-13,15H2,1H3,(H,23,24). The third-order valence-corrected chi connectivity index (χ3v) is 5.69. The molecule has 2 aromatic rings. The van der Waals surface area contributed by atoms with E-state index in [-0.39, 0.29) is 5.91 Å². The van der Waals surface area contributed by atoms with E-state index in [0.717, 1.165) is 48.3 Å². The number of benzene rings is 2. The molecule has 4 heteroatoms. The number of amides is 1. The molecule has 1 fully saturated rings. The number of hydrogen-bond acceptors (Lipinski definition) is 3. The zero-order valence-electron chi connectivity index (χ0n) is 15.2. The van der Waals surface area contributed by atoms with E-state index in [9.17, 15) is 4.79 Å². The van der Waals surface area contributed by atoms with E-state index in [1.165, 1.54) is 5.56 Å². The summed E-state index contributed by atoms with van der Waals surface area (Å²) in [4.78, 5) is 13.2. The Hall–Kier alpha value is -2.49. The lowest BCUT2D eigenvalue weighted by atomic mass is 9.77. The number of carbonyl (C=O) groups excluding carboxylic acids is 1. The summed E-state index contributed by atoms with van der Waals surface area (Å²) in [6.45, 7) is 3.78. The van der Waals surface area contributed by atoms with Gasteiger partial charge in [-0.2, -0.15) is 0 Å². The molecule has 0 radical (unpaired) electrons. The van der Waals surface area contributed by atoms with Crippen LogP contribution in [-0.2, 0) is 16.8 Å². The van der Waals surface area contributed by atoms with E-state index in [4.69, 9.17) is 9.47 Å². The zero-order chi connectivity index (χ0) is 18.0. The highest BCUT2D eigenvalue weighted by atomic mass is 16.6. The summed E-state index contributed by atoms with van der Waals surface area (Å²) >= 11 is 0. The molecule has 136 valence electrons. The molecule has 0 saturated heterocycles. The molecular weight excluding hydrogens is 326 g/mol. The fourth-order valence-electron chi connectivity index (χ4n) is 4.12. The second kappa shape index (κ2) is 7.02. The van der Waals surface area contributed by atoms with Crippen LogP contribution in [0.2, 0.25) is 0 Å². The van der Waals surface area contributed by atoms with Crippen LogP contribution < -0.4 is 14.8 Å². The maximum absolute atomic E-state index is 13.2. The highest BCUT2D eigenvalue weighted by molar-refractivity contribution is 5.88. The number of carbonyl (C=O) groups is 1. The first-order chi connectivity index (χ1) is 12.7. The molecule has 4 nitrogen and oxygen atoms in total. The van der Waals surface area contributed by atoms with E-state index >= 15 is 0 Å². The first kappa shape index (κ1) is 17.0. The largest absolute Gasteiger partial charge is 0.486 e. The van der Waals surface area contributed by atoms with Gasteiger partial charge in [-0.25, -0.2) is 0 Å². The van der Waals surface area contributed by atoms with Crippen LogP contribution in [0, 0.1) is 6.92 Å². The Morgan fingerprint density at radius 1 is 1.04 bits per heavy atom. The van der Waals surface area contributed by atoms with Gasteiger partial charge in [0.05, 0.1) is 5.41 Å². The average molecular weight is 351 g/mol. The predicted octanol–water partition coefficient (Wildman–Crippen LogP) is 3.89. The minimum absolute atomic E-state index is 0.120. The fourth-order valence-corrected chi connectivity index (χ4v) is 4.12. The lowest BCUT2D eigenvalue weighted by Crippen LogP contribution is -2.42.